The first-order valence-electron chi connectivity index (χ1n) is 8.77. The fourth-order valence-electron chi connectivity index (χ4n) is 2.68. The Morgan fingerprint density at radius 3 is 2.32 bits per heavy atom. The minimum Gasteiger partial charge on any atom is -0.496 e. The van der Waals surface area contributed by atoms with Crippen LogP contribution in [0.1, 0.15) is 11.1 Å². The molecule has 0 aliphatic rings. The second-order valence-electron chi connectivity index (χ2n) is 6.20. The first-order chi connectivity index (χ1) is 13.5. The Labute approximate surface area is 164 Å². The summed E-state index contributed by atoms with van der Waals surface area (Å²) in [6.45, 7) is 2.49. The lowest BCUT2D eigenvalue weighted by molar-refractivity contribution is 0.411. The molecular formula is C20H22N4O3S. The smallest absolute Gasteiger partial charge is 0.263 e. The number of rotatable bonds is 8. The maximum absolute atomic E-state index is 12.5. The van der Waals surface area contributed by atoms with Gasteiger partial charge in [0.15, 0.2) is 5.82 Å². The number of methoxy groups -OCH3 is 1. The van der Waals surface area contributed by atoms with E-state index in [1.54, 1.807) is 38.3 Å². The van der Waals surface area contributed by atoms with Gasteiger partial charge in [0.25, 0.3) is 10.0 Å². The minimum atomic E-state index is -3.76. The standard InChI is InChI=1S/C20H22N4O3S/c1-15-14-17(8-9-18(15)27-2)28(25,26)24-20-11-10-19(22-23-20)21-13-12-16-6-4-3-5-7-16/h3-11,14H,12-13H2,1-2H3,(H,21,22)(H,23,24). The highest BCUT2D eigenvalue weighted by molar-refractivity contribution is 7.92. The number of nitrogens with zero attached hydrogens (tertiary/aromatic N) is 2. The third-order valence-electron chi connectivity index (χ3n) is 4.14. The van der Waals surface area contributed by atoms with Crippen molar-refractivity contribution < 1.29 is 13.2 Å². The molecule has 2 aromatic carbocycles. The molecule has 0 atom stereocenters. The molecule has 3 aromatic rings. The van der Waals surface area contributed by atoms with Crippen LogP contribution in [0.15, 0.2) is 65.6 Å². The molecule has 0 bridgehead atoms. The summed E-state index contributed by atoms with van der Waals surface area (Å²) in [4.78, 5) is 0.137. The summed E-state index contributed by atoms with van der Waals surface area (Å²) < 4.78 is 32.7. The fourth-order valence-corrected chi connectivity index (χ4v) is 3.76. The average Bonchev–Trinajstić information content (AvgIpc) is 2.70. The van der Waals surface area contributed by atoms with E-state index in [-0.39, 0.29) is 10.7 Å². The lowest BCUT2D eigenvalue weighted by Crippen LogP contribution is -2.15. The van der Waals surface area contributed by atoms with Crippen LogP contribution in [0.2, 0.25) is 0 Å². The highest BCUT2D eigenvalue weighted by atomic mass is 32.2. The lowest BCUT2D eigenvalue weighted by atomic mass is 10.1. The van der Waals surface area contributed by atoms with E-state index < -0.39 is 10.0 Å². The van der Waals surface area contributed by atoms with Gasteiger partial charge >= 0.3 is 0 Å². The summed E-state index contributed by atoms with van der Waals surface area (Å²) in [6.07, 6.45) is 0.855. The van der Waals surface area contributed by atoms with Gasteiger partial charge in [0, 0.05) is 6.54 Å². The van der Waals surface area contributed by atoms with Crippen LogP contribution in [0.4, 0.5) is 11.6 Å². The molecule has 0 saturated carbocycles. The van der Waals surface area contributed by atoms with E-state index in [4.69, 9.17) is 4.74 Å². The summed E-state index contributed by atoms with van der Waals surface area (Å²) in [7, 11) is -2.21. The zero-order valence-electron chi connectivity index (χ0n) is 15.7. The van der Waals surface area contributed by atoms with Gasteiger partial charge in [0.1, 0.15) is 11.6 Å². The van der Waals surface area contributed by atoms with Crippen molar-refractivity contribution in [3.05, 3.63) is 71.8 Å². The Kier molecular flexibility index (Phi) is 6.10. The maximum Gasteiger partial charge on any atom is 0.263 e. The number of aromatic nitrogens is 2. The van der Waals surface area contributed by atoms with E-state index in [0.717, 1.165) is 12.0 Å². The van der Waals surface area contributed by atoms with Gasteiger partial charge in [-0.05, 0) is 54.8 Å². The molecule has 7 nitrogen and oxygen atoms in total. The lowest BCUT2D eigenvalue weighted by Gasteiger charge is -2.10. The zero-order valence-corrected chi connectivity index (χ0v) is 16.5. The van der Waals surface area contributed by atoms with Crippen molar-refractivity contribution in [1.82, 2.24) is 10.2 Å². The van der Waals surface area contributed by atoms with E-state index in [1.165, 1.54) is 11.6 Å². The van der Waals surface area contributed by atoms with Crippen LogP contribution in [0.5, 0.6) is 5.75 Å². The predicted octanol–water partition coefficient (Wildman–Crippen LogP) is 3.25. The van der Waals surface area contributed by atoms with Crippen molar-refractivity contribution in [2.24, 2.45) is 0 Å². The van der Waals surface area contributed by atoms with Gasteiger partial charge in [-0.1, -0.05) is 30.3 Å². The van der Waals surface area contributed by atoms with E-state index in [2.05, 4.69) is 32.4 Å². The van der Waals surface area contributed by atoms with Gasteiger partial charge < -0.3 is 10.1 Å². The number of hydrogen-bond acceptors (Lipinski definition) is 6. The molecule has 1 aromatic heterocycles. The van der Waals surface area contributed by atoms with Crippen molar-refractivity contribution in [3.8, 4) is 5.75 Å². The number of nitrogens with one attached hydrogen (secondary N) is 2. The SMILES string of the molecule is COc1ccc(S(=O)(=O)Nc2ccc(NCCc3ccccc3)nn2)cc1C. The zero-order chi connectivity index (χ0) is 20.0. The first kappa shape index (κ1) is 19.6. The van der Waals surface area contributed by atoms with Crippen LogP contribution in [-0.4, -0.2) is 32.3 Å². The van der Waals surface area contributed by atoms with Crippen LogP contribution in [0, 0.1) is 6.92 Å². The Morgan fingerprint density at radius 2 is 1.68 bits per heavy atom. The summed E-state index contributed by atoms with van der Waals surface area (Å²) in [6, 6.07) is 18.0. The van der Waals surface area contributed by atoms with Crippen molar-refractivity contribution in [2.75, 3.05) is 23.7 Å². The molecule has 8 heteroatoms. The Balaban J connectivity index is 1.60. The maximum atomic E-state index is 12.5. The third kappa shape index (κ3) is 4.98. The van der Waals surface area contributed by atoms with E-state index >= 15 is 0 Å². The molecular weight excluding hydrogens is 376 g/mol. The second kappa shape index (κ2) is 8.71. The van der Waals surface area contributed by atoms with Gasteiger partial charge in [-0.15, -0.1) is 10.2 Å². The quantitative estimate of drug-likeness (QED) is 0.605. The Hall–Kier alpha value is -3.13. The number of sulfonamides is 1. The van der Waals surface area contributed by atoms with Crippen molar-refractivity contribution >= 4 is 21.7 Å². The molecule has 0 amide bonds. The average molecular weight is 398 g/mol. The van der Waals surface area contributed by atoms with Crippen molar-refractivity contribution in [1.29, 1.82) is 0 Å². The van der Waals surface area contributed by atoms with Gasteiger partial charge in [-0.3, -0.25) is 4.72 Å². The molecule has 28 heavy (non-hydrogen) atoms. The van der Waals surface area contributed by atoms with Gasteiger partial charge in [0.2, 0.25) is 0 Å². The number of benzene rings is 2. The van der Waals surface area contributed by atoms with Crippen LogP contribution < -0.4 is 14.8 Å². The first-order valence-corrected chi connectivity index (χ1v) is 10.3. The molecule has 0 radical (unpaired) electrons. The normalized spacial score (nSPS) is 11.1. The molecule has 3 rings (SSSR count). The monoisotopic (exact) mass is 398 g/mol. The molecule has 1 heterocycles. The van der Waals surface area contributed by atoms with Crippen molar-refractivity contribution in [2.45, 2.75) is 18.2 Å². The largest absolute Gasteiger partial charge is 0.496 e. The molecule has 0 fully saturated rings. The number of ether oxygens (including phenoxy) is 1. The number of hydrogen-bond donors (Lipinski definition) is 2. The van der Waals surface area contributed by atoms with Crippen LogP contribution in [0.25, 0.3) is 0 Å². The molecule has 146 valence electrons. The Bertz CT molecular complexity index is 1020. The second-order valence-corrected chi connectivity index (χ2v) is 7.89. The summed E-state index contributed by atoms with van der Waals surface area (Å²) in [5.41, 5.74) is 1.96. The molecule has 0 spiro atoms. The predicted molar refractivity (Wildman–Crippen MR) is 109 cm³/mol. The minimum absolute atomic E-state index is 0.137. The Morgan fingerprint density at radius 1 is 0.964 bits per heavy atom. The van der Waals surface area contributed by atoms with Gasteiger partial charge in [0.05, 0.1) is 12.0 Å². The van der Waals surface area contributed by atoms with Crippen molar-refractivity contribution in [3.63, 3.8) is 0 Å². The third-order valence-corrected chi connectivity index (χ3v) is 5.50. The van der Waals surface area contributed by atoms with Gasteiger partial charge in [-0.25, -0.2) is 8.42 Å². The summed E-state index contributed by atoms with van der Waals surface area (Å²) in [5.74, 6) is 1.37. The van der Waals surface area contributed by atoms with E-state index in [0.29, 0.717) is 18.1 Å². The fraction of sp³-hybridized carbons (Fsp3) is 0.200. The van der Waals surface area contributed by atoms with Crippen LogP contribution >= 0.6 is 0 Å². The highest BCUT2D eigenvalue weighted by Crippen LogP contribution is 2.22. The summed E-state index contributed by atoms with van der Waals surface area (Å²) >= 11 is 0. The molecule has 2 N–H and O–H groups in total. The van der Waals surface area contributed by atoms with Crippen LogP contribution in [0.3, 0.4) is 0 Å². The van der Waals surface area contributed by atoms with E-state index in [1.807, 2.05) is 18.2 Å². The molecule has 0 aliphatic carbocycles. The summed E-state index contributed by atoms with van der Waals surface area (Å²) in [5, 5.41) is 11.1. The molecule has 0 aliphatic heterocycles. The van der Waals surface area contributed by atoms with Crippen LogP contribution in [-0.2, 0) is 16.4 Å². The molecule has 0 saturated heterocycles. The highest BCUT2D eigenvalue weighted by Gasteiger charge is 2.16. The number of anilines is 2. The molecule has 0 unspecified atom stereocenters. The van der Waals surface area contributed by atoms with Gasteiger partial charge in [-0.2, -0.15) is 0 Å². The topological polar surface area (TPSA) is 93.2 Å². The van der Waals surface area contributed by atoms with E-state index in [9.17, 15) is 8.42 Å². The number of aryl methyl sites for hydroxylation is 1.